The van der Waals surface area contributed by atoms with Crippen molar-refractivity contribution in [1.29, 1.82) is 0 Å². The number of halogens is 2. The van der Waals surface area contributed by atoms with Gasteiger partial charge in [-0.25, -0.2) is 9.29 Å². The summed E-state index contributed by atoms with van der Waals surface area (Å²) in [5.41, 5.74) is 1.23. The van der Waals surface area contributed by atoms with E-state index in [0.29, 0.717) is 17.2 Å². The number of imide groups is 1. The number of hydrogen-bond acceptors (Lipinski definition) is 4. The zero-order valence-electron chi connectivity index (χ0n) is 16.9. The van der Waals surface area contributed by atoms with Crippen LogP contribution in [-0.2, 0) is 9.59 Å². The first-order valence-corrected chi connectivity index (χ1v) is 10.4. The third-order valence-corrected chi connectivity index (χ3v) is 5.93. The van der Waals surface area contributed by atoms with E-state index >= 15 is 0 Å². The second-order valence-corrected chi connectivity index (χ2v) is 8.17. The minimum absolute atomic E-state index is 0.0229. The van der Waals surface area contributed by atoms with Crippen LogP contribution >= 0.6 is 11.6 Å². The molecule has 31 heavy (non-hydrogen) atoms. The topological polar surface area (TPSA) is 69.7 Å². The van der Waals surface area contributed by atoms with Gasteiger partial charge >= 0.3 is 0 Å². The number of amides is 3. The molecule has 1 saturated heterocycles. The van der Waals surface area contributed by atoms with Gasteiger partial charge in [0.15, 0.2) is 0 Å². The van der Waals surface area contributed by atoms with Crippen LogP contribution in [0.5, 0.6) is 0 Å². The molecule has 4 rings (SSSR count). The van der Waals surface area contributed by atoms with Gasteiger partial charge in [-0.15, -0.1) is 0 Å². The van der Waals surface area contributed by atoms with Crippen molar-refractivity contribution in [2.45, 2.75) is 19.8 Å². The van der Waals surface area contributed by atoms with Gasteiger partial charge in [-0.1, -0.05) is 18.5 Å². The minimum atomic E-state index is -0.688. The lowest BCUT2D eigenvalue weighted by atomic mass is 9.98. The smallest absolute Gasteiger partial charge is 0.283 e. The average Bonchev–Trinajstić information content (AvgIpc) is 2.98. The van der Waals surface area contributed by atoms with E-state index in [1.165, 1.54) is 12.1 Å². The largest absolute Gasteiger partial charge is 0.350 e. The molecule has 0 radical (unpaired) electrons. The Morgan fingerprint density at radius 1 is 1.00 bits per heavy atom. The molecule has 2 heterocycles. The Kier molecular flexibility index (Phi) is 5.78. The first-order valence-electron chi connectivity index (χ1n) is 10.1. The fraction of sp³-hybridized carbons (Fsp3) is 0.261. The Hall–Kier alpha value is -3.19. The fourth-order valence-electron chi connectivity index (χ4n) is 3.67. The van der Waals surface area contributed by atoms with Gasteiger partial charge < -0.3 is 10.2 Å². The predicted molar refractivity (Wildman–Crippen MR) is 116 cm³/mol. The molecule has 0 bridgehead atoms. The van der Waals surface area contributed by atoms with Crippen LogP contribution in [0, 0.1) is 11.7 Å². The van der Waals surface area contributed by atoms with Crippen molar-refractivity contribution in [1.82, 2.24) is 4.90 Å². The van der Waals surface area contributed by atoms with Gasteiger partial charge in [-0.3, -0.25) is 14.4 Å². The Labute approximate surface area is 184 Å². The summed E-state index contributed by atoms with van der Waals surface area (Å²) in [5.74, 6) is -1.19. The summed E-state index contributed by atoms with van der Waals surface area (Å²) in [6.07, 6.45) is 2.00. The van der Waals surface area contributed by atoms with Crippen molar-refractivity contribution in [3.05, 3.63) is 70.6 Å². The third-order valence-electron chi connectivity index (χ3n) is 5.58. The number of rotatable bonds is 4. The monoisotopic (exact) mass is 441 g/mol. The number of anilines is 2. The number of carbonyl (C=O) groups is 3. The molecule has 0 spiro atoms. The summed E-state index contributed by atoms with van der Waals surface area (Å²) in [6, 6.07) is 11.7. The van der Waals surface area contributed by atoms with Crippen LogP contribution in [0.2, 0.25) is 0 Å². The number of nitrogens with zero attached hydrogens (tertiary/aromatic N) is 2. The van der Waals surface area contributed by atoms with Gasteiger partial charge in [0, 0.05) is 24.3 Å². The van der Waals surface area contributed by atoms with Crippen LogP contribution in [0.4, 0.5) is 15.8 Å². The standard InChI is InChI=1S/C23H21ClFN3O3/c1-14-10-12-27(13-11-14)21(29)15-2-6-17(7-3-15)26-20-19(24)22(30)28(23(20)31)18-8-4-16(25)5-9-18/h2-9,14,26H,10-13H2,1H3. The fourth-order valence-corrected chi connectivity index (χ4v) is 3.88. The maximum absolute atomic E-state index is 13.2. The number of carbonyl (C=O) groups excluding carboxylic acids is 3. The van der Waals surface area contributed by atoms with Crippen LogP contribution in [0.1, 0.15) is 30.1 Å². The van der Waals surface area contributed by atoms with Crippen molar-refractivity contribution in [2.75, 3.05) is 23.3 Å². The average molecular weight is 442 g/mol. The highest BCUT2D eigenvalue weighted by Crippen LogP contribution is 2.30. The Balaban J connectivity index is 1.47. The molecule has 0 saturated carbocycles. The van der Waals surface area contributed by atoms with Gasteiger partial charge in [0.05, 0.1) is 5.69 Å². The zero-order valence-corrected chi connectivity index (χ0v) is 17.7. The zero-order chi connectivity index (χ0) is 22.1. The molecule has 0 atom stereocenters. The summed E-state index contributed by atoms with van der Waals surface area (Å²) < 4.78 is 13.2. The van der Waals surface area contributed by atoms with E-state index in [-0.39, 0.29) is 22.3 Å². The number of nitrogens with one attached hydrogen (secondary N) is 1. The molecule has 8 heteroatoms. The molecule has 1 N–H and O–H groups in total. The lowest BCUT2D eigenvalue weighted by Gasteiger charge is -2.30. The van der Waals surface area contributed by atoms with Crippen LogP contribution in [0.3, 0.4) is 0 Å². The first-order chi connectivity index (χ1) is 14.8. The Morgan fingerprint density at radius 3 is 2.23 bits per heavy atom. The summed E-state index contributed by atoms with van der Waals surface area (Å²) in [5, 5.41) is 2.62. The van der Waals surface area contributed by atoms with Crippen molar-refractivity contribution >= 4 is 40.7 Å². The normalized spacial score (nSPS) is 17.5. The van der Waals surface area contributed by atoms with E-state index in [2.05, 4.69) is 12.2 Å². The Bertz CT molecular complexity index is 1060. The number of hydrogen-bond donors (Lipinski definition) is 1. The molecular formula is C23H21ClFN3O3. The SMILES string of the molecule is CC1CCN(C(=O)c2ccc(NC3=C(Cl)C(=O)N(c4ccc(F)cc4)C3=O)cc2)CC1. The molecule has 6 nitrogen and oxygen atoms in total. The molecule has 2 aromatic carbocycles. The molecule has 0 aromatic heterocycles. The van der Waals surface area contributed by atoms with Gasteiger partial charge in [-0.2, -0.15) is 0 Å². The van der Waals surface area contributed by atoms with E-state index in [1.807, 2.05) is 4.90 Å². The molecule has 0 unspecified atom stereocenters. The molecule has 2 aliphatic rings. The van der Waals surface area contributed by atoms with E-state index in [9.17, 15) is 18.8 Å². The van der Waals surface area contributed by atoms with Crippen LogP contribution in [-0.4, -0.2) is 35.7 Å². The highest BCUT2D eigenvalue weighted by Gasteiger charge is 2.39. The first kappa shape index (κ1) is 21.1. The molecule has 160 valence electrons. The molecule has 3 amide bonds. The van der Waals surface area contributed by atoms with Gasteiger partial charge in [0.25, 0.3) is 17.7 Å². The van der Waals surface area contributed by atoms with Crippen molar-refractivity contribution in [2.24, 2.45) is 5.92 Å². The second-order valence-electron chi connectivity index (χ2n) is 7.79. The van der Waals surface area contributed by atoms with Crippen LogP contribution < -0.4 is 10.2 Å². The third kappa shape index (κ3) is 4.18. The van der Waals surface area contributed by atoms with E-state index in [0.717, 1.165) is 43.0 Å². The lowest BCUT2D eigenvalue weighted by Crippen LogP contribution is -2.37. The summed E-state index contributed by atoms with van der Waals surface area (Å²) in [4.78, 5) is 40.7. The highest BCUT2D eigenvalue weighted by molar-refractivity contribution is 6.53. The number of piperidine rings is 1. The summed E-state index contributed by atoms with van der Waals surface area (Å²) in [7, 11) is 0. The number of benzene rings is 2. The maximum atomic E-state index is 13.2. The van der Waals surface area contributed by atoms with Gasteiger partial charge in [-0.05, 0) is 67.3 Å². The minimum Gasteiger partial charge on any atom is -0.350 e. The van der Waals surface area contributed by atoms with Crippen molar-refractivity contribution < 1.29 is 18.8 Å². The summed E-state index contributed by atoms with van der Waals surface area (Å²) in [6.45, 7) is 3.69. The van der Waals surface area contributed by atoms with Crippen molar-refractivity contribution in [3.63, 3.8) is 0 Å². The molecule has 2 aliphatic heterocycles. The quantitative estimate of drug-likeness (QED) is 0.724. The molecule has 0 aliphatic carbocycles. The van der Waals surface area contributed by atoms with Gasteiger partial charge in [0.1, 0.15) is 16.5 Å². The lowest BCUT2D eigenvalue weighted by molar-refractivity contribution is -0.120. The Morgan fingerprint density at radius 2 is 1.61 bits per heavy atom. The highest BCUT2D eigenvalue weighted by atomic mass is 35.5. The van der Waals surface area contributed by atoms with Crippen LogP contribution in [0.15, 0.2) is 59.3 Å². The molecule has 2 aromatic rings. The van der Waals surface area contributed by atoms with E-state index < -0.39 is 17.6 Å². The van der Waals surface area contributed by atoms with Gasteiger partial charge in [0.2, 0.25) is 0 Å². The predicted octanol–water partition coefficient (Wildman–Crippen LogP) is 4.13. The number of likely N-dealkylation sites (tertiary alicyclic amines) is 1. The molecule has 1 fully saturated rings. The van der Waals surface area contributed by atoms with E-state index in [1.54, 1.807) is 24.3 Å². The second kappa shape index (κ2) is 8.51. The summed E-state index contributed by atoms with van der Waals surface area (Å²) >= 11 is 6.11. The van der Waals surface area contributed by atoms with E-state index in [4.69, 9.17) is 11.6 Å². The van der Waals surface area contributed by atoms with Crippen molar-refractivity contribution in [3.8, 4) is 0 Å². The molecular weight excluding hydrogens is 421 g/mol. The van der Waals surface area contributed by atoms with Crippen LogP contribution in [0.25, 0.3) is 0 Å². The maximum Gasteiger partial charge on any atom is 0.283 e.